The van der Waals surface area contributed by atoms with E-state index in [-0.39, 0.29) is 0 Å². The van der Waals surface area contributed by atoms with Crippen LogP contribution in [0.15, 0.2) is 486 Å². The fourth-order valence-electron chi connectivity index (χ4n) is 19.8. The maximum absolute atomic E-state index is 6.71. The number of anilines is 6. The summed E-state index contributed by atoms with van der Waals surface area (Å²) in [5, 5.41) is 16.1. The molecule has 0 saturated carbocycles. The molecule has 0 atom stereocenters. The number of hydrogen-bond acceptors (Lipinski definition) is 8. The Morgan fingerprint density at radius 3 is 0.924 bits per heavy atom. The molecule has 11 heteroatoms. The van der Waals surface area contributed by atoms with Crippen molar-refractivity contribution in [2.45, 2.75) is 0 Å². The lowest BCUT2D eigenvalue weighted by molar-refractivity contribution is 0.663. The molecule has 7 heterocycles. The molecule has 0 aliphatic heterocycles. The SMILES string of the molecule is c1ccc(-c2nc(-c3ccccc3)nc(-n3c4cccc5oc6ccccc6c6cc(-c7cccc8ccccc78)cc3c6c54)n2)cc1.c1ccc(N(c2ccccc2)c2ccc(-c3ccc(-n4c5cccc6oc7ccccc7c7cccc4c7c65)cc3)cc2)cc1.c1ccc(N(c2ccccc2)c2ccc(-n3c4cccc5oc6ccccc6c6cccc3c6c54)cc2)cc1. The van der Waals surface area contributed by atoms with Gasteiger partial charge in [-0.25, -0.2) is 4.98 Å². The van der Waals surface area contributed by atoms with Gasteiger partial charge in [0.1, 0.15) is 33.5 Å². The summed E-state index contributed by atoms with van der Waals surface area (Å²) in [5.41, 5.74) is 27.3. The van der Waals surface area contributed by atoms with Gasteiger partial charge in [0.25, 0.3) is 0 Å². The van der Waals surface area contributed by atoms with E-state index in [9.17, 15) is 0 Å². The third-order valence-corrected chi connectivity index (χ3v) is 25.6. The number of benzene rings is 20. The summed E-state index contributed by atoms with van der Waals surface area (Å²) < 4.78 is 26.6. The molecule has 27 rings (SSSR count). The van der Waals surface area contributed by atoms with Gasteiger partial charge in [0.2, 0.25) is 5.95 Å². The van der Waals surface area contributed by atoms with Gasteiger partial charge < -0.3 is 32.2 Å². The molecule has 0 saturated heterocycles. The number of para-hydroxylation sites is 7. The predicted molar refractivity (Wildman–Crippen MR) is 546 cm³/mol. The van der Waals surface area contributed by atoms with Crippen molar-refractivity contribution >= 4 is 176 Å². The first-order chi connectivity index (χ1) is 65.5. The first-order valence-corrected chi connectivity index (χ1v) is 44.5. The zero-order chi connectivity index (χ0) is 87.1. The first kappa shape index (κ1) is 76.5. The maximum atomic E-state index is 6.71. The van der Waals surface area contributed by atoms with Gasteiger partial charge in [-0.2, -0.15) is 9.97 Å². The Hall–Kier alpha value is -17.9. The molecular formula is C121H78N8O3. The van der Waals surface area contributed by atoms with E-state index < -0.39 is 0 Å². The van der Waals surface area contributed by atoms with Crippen molar-refractivity contribution in [3.63, 3.8) is 0 Å². The highest BCUT2D eigenvalue weighted by atomic mass is 16.3. The van der Waals surface area contributed by atoms with Crippen LogP contribution in [0.1, 0.15) is 0 Å². The monoisotopic (exact) mass is 1690 g/mol. The smallest absolute Gasteiger partial charge is 0.238 e. The van der Waals surface area contributed by atoms with Gasteiger partial charge in [0.05, 0.1) is 49.3 Å². The van der Waals surface area contributed by atoms with Crippen LogP contribution < -0.4 is 9.80 Å². The lowest BCUT2D eigenvalue weighted by atomic mass is 9.95. The van der Waals surface area contributed by atoms with Crippen LogP contribution in [-0.2, 0) is 0 Å². The summed E-state index contributed by atoms with van der Waals surface area (Å²) in [5.74, 6) is 1.78. The van der Waals surface area contributed by atoms with Gasteiger partial charge in [0.15, 0.2) is 11.6 Å². The lowest BCUT2D eigenvalue weighted by Gasteiger charge is -2.25. The van der Waals surface area contributed by atoms with E-state index in [1.54, 1.807) is 0 Å². The molecule has 132 heavy (non-hydrogen) atoms. The summed E-state index contributed by atoms with van der Waals surface area (Å²) in [6.45, 7) is 0. The zero-order valence-electron chi connectivity index (χ0n) is 71.3. The molecule has 620 valence electrons. The number of rotatable bonds is 13. The summed E-state index contributed by atoms with van der Waals surface area (Å²) in [4.78, 5) is 19.9. The Balaban J connectivity index is 0.000000107. The number of hydrogen-bond donors (Lipinski definition) is 0. The Labute approximate surface area is 758 Å². The molecule has 0 unspecified atom stereocenters. The normalized spacial score (nSPS) is 11.6. The van der Waals surface area contributed by atoms with Crippen molar-refractivity contribution in [2.24, 2.45) is 0 Å². The Kier molecular flexibility index (Phi) is 18.7. The molecule has 0 radical (unpaired) electrons. The second-order valence-corrected chi connectivity index (χ2v) is 33.2. The van der Waals surface area contributed by atoms with Crippen molar-refractivity contribution in [2.75, 3.05) is 9.80 Å². The number of fused-ring (bicyclic) bond motifs is 7. The van der Waals surface area contributed by atoms with E-state index in [1.807, 2.05) is 84.9 Å². The van der Waals surface area contributed by atoms with E-state index in [0.29, 0.717) is 17.6 Å². The van der Waals surface area contributed by atoms with Crippen molar-refractivity contribution in [3.05, 3.63) is 473 Å². The topological polar surface area (TPSA) is 99.4 Å². The Morgan fingerprint density at radius 1 is 0.182 bits per heavy atom. The van der Waals surface area contributed by atoms with Crippen LogP contribution in [0.4, 0.5) is 34.1 Å². The third kappa shape index (κ3) is 13.2. The molecule has 11 nitrogen and oxygen atoms in total. The minimum atomic E-state index is 0.551. The minimum Gasteiger partial charge on any atom is -0.456 e. The highest BCUT2D eigenvalue weighted by molar-refractivity contribution is 6.30. The average Bonchev–Trinajstić information content (AvgIpc) is 1.55. The van der Waals surface area contributed by atoms with Crippen molar-refractivity contribution in [3.8, 4) is 62.4 Å². The number of aromatic nitrogens is 6. The standard InChI is InChI=1S/C43H26N4O.C42H28N2O.C36H24N2O/c1-3-14-28(15-4-1)41-44-42(29-16-5-2-6-17-29)46-43(45-41)47-35-22-12-24-38-40(35)39-34(33-20-9-10-23-37(33)48-38)25-30(26-36(39)47)32-21-11-18-27-13-7-8-19-31(27)32;1-3-11-31(12-4-1)43(32-13-5-2-6-14-32)33-25-21-29(22-26-33)30-23-27-34(28-24-30)44-37-17-9-16-36-35-15-7-8-19-39(35)45-40-20-10-18-38(44)42(40)41(36)37;1-3-11-25(12-4-1)37(26-13-5-2-6-14-26)27-21-23-28(24-22-27)38-31-17-9-16-30-29-15-7-8-19-33(29)39-34-20-10-18-32(38)36(34)35(30)31/h1-26H;1-28H;1-24H. The summed E-state index contributed by atoms with van der Waals surface area (Å²) in [6, 6.07) is 165. The Morgan fingerprint density at radius 2 is 0.485 bits per heavy atom. The van der Waals surface area contributed by atoms with Gasteiger partial charge in [-0.3, -0.25) is 4.57 Å². The molecule has 0 aliphatic rings. The second kappa shape index (κ2) is 32.2. The molecule has 0 spiro atoms. The molecule has 0 N–H and O–H groups in total. The highest BCUT2D eigenvalue weighted by Crippen LogP contribution is 2.48. The van der Waals surface area contributed by atoms with Crippen LogP contribution >= 0.6 is 0 Å². The van der Waals surface area contributed by atoms with Gasteiger partial charge >= 0.3 is 0 Å². The van der Waals surface area contributed by atoms with Crippen LogP contribution in [0, 0.1) is 0 Å². The minimum absolute atomic E-state index is 0.551. The molecule has 20 aromatic carbocycles. The van der Waals surface area contributed by atoms with E-state index in [4.69, 9.17) is 28.2 Å². The van der Waals surface area contributed by atoms with Crippen LogP contribution in [-0.4, -0.2) is 28.7 Å². The van der Waals surface area contributed by atoms with Gasteiger partial charge in [0, 0.05) is 88.9 Å². The van der Waals surface area contributed by atoms with Crippen LogP contribution in [0.5, 0.6) is 0 Å². The quantitative estimate of drug-likeness (QED) is 0.113. The van der Waals surface area contributed by atoms with Crippen molar-refractivity contribution in [1.29, 1.82) is 0 Å². The van der Waals surface area contributed by atoms with Crippen LogP contribution in [0.25, 0.3) is 204 Å². The first-order valence-electron chi connectivity index (χ1n) is 44.5. The van der Waals surface area contributed by atoms with Gasteiger partial charge in [-0.05, 0) is 225 Å². The van der Waals surface area contributed by atoms with Gasteiger partial charge in [-0.15, -0.1) is 0 Å². The predicted octanol–water partition coefficient (Wildman–Crippen LogP) is 33.0. The molecule has 7 aromatic heterocycles. The molecular weight excluding hydrogens is 1610 g/mol. The summed E-state index contributed by atoms with van der Waals surface area (Å²) >= 11 is 0. The fourth-order valence-corrected chi connectivity index (χ4v) is 19.8. The maximum Gasteiger partial charge on any atom is 0.238 e. The van der Waals surface area contributed by atoms with E-state index >= 15 is 0 Å². The van der Waals surface area contributed by atoms with Crippen molar-refractivity contribution < 1.29 is 13.3 Å². The van der Waals surface area contributed by atoms with Crippen molar-refractivity contribution in [1.82, 2.24) is 28.7 Å². The third-order valence-electron chi connectivity index (χ3n) is 25.6. The molecule has 27 aromatic rings. The largest absolute Gasteiger partial charge is 0.456 e. The Bertz CT molecular complexity index is 8920. The molecule has 0 fully saturated rings. The summed E-state index contributed by atoms with van der Waals surface area (Å²) in [7, 11) is 0. The molecule has 0 amide bonds. The molecule has 0 bridgehead atoms. The van der Waals surface area contributed by atoms with E-state index in [0.717, 1.165) is 166 Å². The average molecular weight is 1690 g/mol. The van der Waals surface area contributed by atoms with Gasteiger partial charge in [-0.1, -0.05) is 297 Å². The lowest BCUT2D eigenvalue weighted by Crippen LogP contribution is -2.09. The zero-order valence-corrected chi connectivity index (χ0v) is 71.3. The highest BCUT2D eigenvalue weighted by Gasteiger charge is 2.27. The number of nitrogens with zero attached hydrogens (tertiary/aromatic N) is 8. The second-order valence-electron chi connectivity index (χ2n) is 33.2. The van der Waals surface area contributed by atoms with Crippen LogP contribution in [0.3, 0.4) is 0 Å². The van der Waals surface area contributed by atoms with E-state index in [2.05, 4.69) is 412 Å². The molecule has 0 aliphatic carbocycles. The fraction of sp³-hybridized carbons (Fsp3) is 0. The van der Waals surface area contributed by atoms with E-state index in [1.165, 1.54) is 54.5 Å². The van der Waals surface area contributed by atoms with Crippen LogP contribution in [0.2, 0.25) is 0 Å². The summed E-state index contributed by atoms with van der Waals surface area (Å²) in [6.07, 6.45) is 0.